The highest BCUT2D eigenvalue weighted by atomic mass is 35.5. The SMILES string of the molecule is CCOP(C)(=O)C1CC(=NC(=O)[C@]2(C)[C@@H](c3ccc(N4C[C@@](C)(C(F)(F)F)c5c4cnc4cc(Cl)nn54)cc3)C2(F)F)C1. The van der Waals surface area contributed by atoms with Crippen molar-refractivity contribution in [2.75, 3.05) is 24.7 Å². The summed E-state index contributed by atoms with van der Waals surface area (Å²) in [6, 6.07) is 7.06. The number of benzene rings is 1. The molecule has 15 heteroatoms. The quantitative estimate of drug-likeness (QED) is 0.209. The number of hydrogen-bond acceptors (Lipinski definition) is 6. The molecule has 1 amide bonds. The molecule has 43 heavy (non-hydrogen) atoms. The van der Waals surface area contributed by atoms with Crippen molar-refractivity contribution in [1.82, 2.24) is 14.6 Å². The third-order valence-electron chi connectivity index (χ3n) is 9.13. The first kappa shape index (κ1) is 30.1. The molecule has 0 bridgehead atoms. The summed E-state index contributed by atoms with van der Waals surface area (Å²) in [6.07, 6.45) is -2.84. The Balaban J connectivity index is 1.26. The molecule has 2 aliphatic carbocycles. The minimum atomic E-state index is -4.65. The van der Waals surface area contributed by atoms with Gasteiger partial charge in [-0.15, -0.1) is 0 Å². The molecule has 0 radical (unpaired) electrons. The van der Waals surface area contributed by atoms with Crippen LogP contribution in [-0.4, -0.2) is 63.8 Å². The van der Waals surface area contributed by atoms with E-state index in [0.29, 0.717) is 11.4 Å². The highest BCUT2D eigenvalue weighted by Crippen LogP contribution is 2.72. The van der Waals surface area contributed by atoms with E-state index in [0.717, 1.165) is 18.4 Å². The number of rotatable bonds is 6. The number of hydrogen-bond donors (Lipinski definition) is 0. The molecule has 1 aliphatic heterocycles. The average molecular weight is 644 g/mol. The van der Waals surface area contributed by atoms with E-state index in [9.17, 15) is 22.5 Å². The maximum absolute atomic E-state index is 15.2. The lowest BCUT2D eigenvalue weighted by atomic mass is 9.87. The van der Waals surface area contributed by atoms with Gasteiger partial charge < -0.3 is 9.42 Å². The molecule has 2 saturated carbocycles. The van der Waals surface area contributed by atoms with Crippen molar-refractivity contribution in [3.05, 3.63) is 52.9 Å². The number of fused-ring (bicyclic) bond motifs is 3. The van der Waals surface area contributed by atoms with Crippen LogP contribution < -0.4 is 4.90 Å². The van der Waals surface area contributed by atoms with Gasteiger partial charge >= 0.3 is 6.18 Å². The van der Waals surface area contributed by atoms with Gasteiger partial charge in [0, 0.05) is 36.3 Å². The minimum absolute atomic E-state index is 0.00526. The summed E-state index contributed by atoms with van der Waals surface area (Å²) in [5, 5.41) is 4.01. The number of nitrogens with zero attached hydrogens (tertiary/aromatic N) is 5. The molecule has 3 heterocycles. The van der Waals surface area contributed by atoms with E-state index in [1.165, 1.54) is 48.1 Å². The Hall–Kier alpha value is -2.89. The van der Waals surface area contributed by atoms with Crippen molar-refractivity contribution in [1.29, 1.82) is 0 Å². The van der Waals surface area contributed by atoms with E-state index < -0.39 is 48.7 Å². The lowest BCUT2D eigenvalue weighted by Gasteiger charge is -2.32. The fourth-order valence-corrected chi connectivity index (χ4v) is 8.24. The standard InChI is InChI=1S/C28H28ClF5N5O3P/c1-5-42-43(4,41)18-10-16(11-18)36-24(40)26(3)22(27(26,30)31)15-6-8-17(9-7-15)38-14-25(2,28(32,33)34)23-19(38)13-35-21-12-20(29)37-39(21)23/h6-9,12-13,18,22H,5,10-11,14H2,1-4H3/t18?,22-,25-,26+,43?/m1/s1. The summed E-state index contributed by atoms with van der Waals surface area (Å²) in [4.78, 5) is 22.6. The summed E-state index contributed by atoms with van der Waals surface area (Å²) < 4.78 is 92.6. The van der Waals surface area contributed by atoms with Crippen LogP contribution in [0.1, 0.15) is 50.8 Å². The first-order valence-electron chi connectivity index (χ1n) is 13.6. The summed E-state index contributed by atoms with van der Waals surface area (Å²) in [5.74, 6) is -5.79. The Labute approximate surface area is 248 Å². The van der Waals surface area contributed by atoms with Gasteiger partial charge in [-0.25, -0.2) is 23.3 Å². The van der Waals surface area contributed by atoms with Crippen LogP contribution in [0.15, 0.2) is 41.5 Å². The Morgan fingerprint density at radius 3 is 2.47 bits per heavy atom. The van der Waals surface area contributed by atoms with E-state index in [2.05, 4.69) is 15.1 Å². The molecule has 3 aromatic rings. The van der Waals surface area contributed by atoms with Crippen LogP contribution in [-0.2, 0) is 19.3 Å². The molecule has 2 fully saturated rings. The first-order valence-corrected chi connectivity index (χ1v) is 16.2. The third-order valence-corrected chi connectivity index (χ3v) is 11.8. The van der Waals surface area contributed by atoms with Gasteiger partial charge in [-0.1, -0.05) is 23.7 Å². The smallest absolute Gasteiger partial charge is 0.337 e. The van der Waals surface area contributed by atoms with E-state index in [-0.39, 0.29) is 52.9 Å². The predicted octanol–water partition coefficient (Wildman–Crippen LogP) is 7.17. The van der Waals surface area contributed by atoms with Gasteiger partial charge in [0.15, 0.2) is 10.8 Å². The maximum atomic E-state index is 15.2. The second-order valence-electron chi connectivity index (χ2n) is 11.9. The van der Waals surface area contributed by atoms with Crippen molar-refractivity contribution in [3.63, 3.8) is 0 Å². The third kappa shape index (κ3) is 4.36. The highest BCUT2D eigenvalue weighted by molar-refractivity contribution is 7.59. The maximum Gasteiger partial charge on any atom is 0.401 e. The van der Waals surface area contributed by atoms with Gasteiger partial charge in [0.25, 0.3) is 11.8 Å². The second kappa shape index (κ2) is 9.55. The number of anilines is 2. The van der Waals surface area contributed by atoms with Crippen LogP contribution in [0.3, 0.4) is 0 Å². The van der Waals surface area contributed by atoms with Gasteiger partial charge in [0.05, 0.1) is 30.1 Å². The van der Waals surface area contributed by atoms with Crippen LogP contribution in [0.25, 0.3) is 5.65 Å². The minimum Gasteiger partial charge on any atom is -0.337 e. The Morgan fingerprint density at radius 1 is 1.21 bits per heavy atom. The second-order valence-corrected chi connectivity index (χ2v) is 15.1. The van der Waals surface area contributed by atoms with Crippen LogP contribution >= 0.6 is 19.0 Å². The summed E-state index contributed by atoms with van der Waals surface area (Å²) in [6.45, 7) is 5.27. The zero-order chi connectivity index (χ0) is 31.3. The van der Waals surface area contributed by atoms with E-state index in [1.54, 1.807) is 6.92 Å². The zero-order valence-corrected chi connectivity index (χ0v) is 25.3. The number of carbonyl (C=O) groups excluding carboxylic acids is 1. The van der Waals surface area contributed by atoms with Crippen molar-refractivity contribution < 1.29 is 35.8 Å². The number of alkyl halides is 5. The molecule has 0 N–H and O–H groups in total. The van der Waals surface area contributed by atoms with Gasteiger partial charge in [0.2, 0.25) is 7.37 Å². The van der Waals surface area contributed by atoms with Gasteiger partial charge in [-0.3, -0.25) is 9.36 Å². The fraction of sp³-hybridized carbons (Fsp3) is 0.500. The number of aliphatic imine (C=N–C) groups is 1. The highest BCUT2D eigenvalue weighted by Gasteiger charge is 2.82. The van der Waals surface area contributed by atoms with Gasteiger partial charge in [0.1, 0.15) is 10.8 Å². The molecule has 1 aromatic carbocycles. The summed E-state index contributed by atoms with van der Waals surface area (Å²) in [7, 11) is -2.87. The normalized spacial score (nSPS) is 29.3. The Kier molecular flexibility index (Phi) is 6.70. The van der Waals surface area contributed by atoms with Crippen LogP contribution in [0.4, 0.5) is 33.3 Å². The lowest BCUT2D eigenvalue weighted by molar-refractivity contribution is -0.181. The van der Waals surface area contributed by atoms with E-state index in [4.69, 9.17) is 16.1 Å². The van der Waals surface area contributed by atoms with Gasteiger partial charge in [-0.2, -0.15) is 18.3 Å². The number of aromatic nitrogens is 3. The van der Waals surface area contributed by atoms with Crippen molar-refractivity contribution in [2.24, 2.45) is 10.4 Å². The molecule has 230 valence electrons. The van der Waals surface area contributed by atoms with Crippen molar-refractivity contribution >= 4 is 47.6 Å². The van der Waals surface area contributed by atoms with Crippen molar-refractivity contribution in [2.45, 2.75) is 62.7 Å². The van der Waals surface area contributed by atoms with Crippen LogP contribution in [0.5, 0.6) is 0 Å². The summed E-state index contributed by atoms with van der Waals surface area (Å²) in [5.41, 5.74) is -3.61. The Morgan fingerprint density at radius 2 is 1.86 bits per heavy atom. The average Bonchev–Trinajstić information content (AvgIpc) is 3.16. The van der Waals surface area contributed by atoms with Gasteiger partial charge in [-0.05, 0) is 51.3 Å². The molecule has 6 rings (SSSR count). The number of carbonyl (C=O) groups is 1. The fourth-order valence-electron chi connectivity index (χ4n) is 6.26. The first-order chi connectivity index (χ1) is 20.0. The molecule has 3 aliphatic rings. The number of halogens is 6. The van der Waals surface area contributed by atoms with E-state index >= 15 is 8.78 Å². The monoisotopic (exact) mass is 643 g/mol. The molecule has 8 nitrogen and oxygen atoms in total. The molecule has 4 atom stereocenters. The Bertz CT molecular complexity index is 1720. The molecule has 1 unspecified atom stereocenters. The molecule has 0 spiro atoms. The van der Waals surface area contributed by atoms with Crippen molar-refractivity contribution in [3.8, 4) is 0 Å². The number of amides is 1. The van der Waals surface area contributed by atoms with Crippen LogP contribution in [0, 0.1) is 5.41 Å². The zero-order valence-electron chi connectivity index (χ0n) is 23.6. The predicted molar refractivity (Wildman–Crippen MR) is 151 cm³/mol. The van der Waals surface area contributed by atoms with E-state index in [1.807, 2.05) is 0 Å². The molecule has 2 aromatic heterocycles. The molecular weight excluding hydrogens is 616 g/mol. The lowest BCUT2D eigenvalue weighted by Crippen LogP contribution is -2.43. The summed E-state index contributed by atoms with van der Waals surface area (Å²) >= 11 is 5.97. The largest absolute Gasteiger partial charge is 0.401 e. The topological polar surface area (TPSA) is 89.2 Å². The molecule has 0 saturated heterocycles. The van der Waals surface area contributed by atoms with Crippen LogP contribution in [0.2, 0.25) is 5.15 Å². The molecular formula is C28H28ClF5N5O3P.